The number of carbonyl (C=O) groups is 2. The van der Waals surface area contributed by atoms with Crippen LogP contribution in [0, 0.1) is 0 Å². The van der Waals surface area contributed by atoms with Gasteiger partial charge >= 0.3 is 5.97 Å². The molecule has 17 heavy (non-hydrogen) atoms. The Kier molecular flexibility index (Phi) is 3.92. The molecule has 0 saturated heterocycles. The third kappa shape index (κ3) is 3.10. The minimum Gasteiger partial charge on any atom is -0.507 e. The van der Waals surface area contributed by atoms with E-state index >= 15 is 0 Å². The summed E-state index contributed by atoms with van der Waals surface area (Å²) >= 11 is 0. The molecule has 1 rings (SSSR count). The molecule has 0 bridgehead atoms. The van der Waals surface area contributed by atoms with E-state index in [0.29, 0.717) is 5.75 Å². The highest BCUT2D eigenvalue weighted by Gasteiger charge is 2.19. The van der Waals surface area contributed by atoms with E-state index in [1.807, 2.05) is 0 Å². The summed E-state index contributed by atoms with van der Waals surface area (Å²) in [4.78, 5) is 22.3. The Bertz CT molecular complexity index is 443. The number of benzene rings is 1. The van der Waals surface area contributed by atoms with Gasteiger partial charge in [-0.2, -0.15) is 0 Å². The molecule has 0 aliphatic heterocycles. The maximum atomic E-state index is 11.5. The fourth-order valence-corrected chi connectivity index (χ4v) is 1.09. The molecule has 3 N–H and O–H groups in total. The van der Waals surface area contributed by atoms with Crippen LogP contribution in [-0.2, 0) is 9.53 Å². The molecule has 0 aliphatic rings. The summed E-state index contributed by atoms with van der Waals surface area (Å²) < 4.78 is 9.60. The largest absolute Gasteiger partial charge is 0.507 e. The van der Waals surface area contributed by atoms with Gasteiger partial charge in [0.2, 0.25) is 0 Å². The van der Waals surface area contributed by atoms with Crippen LogP contribution in [0.4, 0.5) is 0 Å². The highest BCUT2D eigenvalue weighted by atomic mass is 16.5. The van der Waals surface area contributed by atoms with Gasteiger partial charge in [0.05, 0.1) is 7.11 Å². The van der Waals surface area contributed by atoms with Crippen molar-refractivity contribution in [1.29, 1.82) is 0 Å². The van der Waals surface area contributed by atoms with E-state index in [1.54, 1.807) is 0 Å². The Balaban J connectivity index is 2.86. The predicted molar refractivity (Wildman–Crippen MR) is 58.7 cm³/mol. The molecule has 0 aliphatic carbocycles. The molecule has 0 heterocycles. The van der Waals surface area contributed by atoms with Crippen LogP contribution in [0.2, 0.25) is 0 Å². The van der Waals surface area contributed by atoms with Gasteiger partial charge in [0.15, 0.2) is 6.10 Å². The van der Waals surface area contributed by atoms with E-state index in [2.05, 4.69) is 0 Å². The maximum Gasteiger partial charge on any atom is 0.342 e. The lowest BCUT2D eigenvalue weighted by atomic mass is 10.2. The number of phenols is 1. The van der Waals surface area contributed by atoms with Gasteiger partial charge in [-0.25, -0.2) is 4.79 Å². The van der Waals surface area contributed by atoms with Crippen LogP contribution in [0.15, 0.2) is 18.2 Å². The molecule has 1 aromatic carbocycles. The van der Waals surface area contributed by atoms with Gasteiger partial charge in [0.1, 0.15) is 17.1 Å². The maximum absolute atomic E-state index is 11.5. The molecule has 0 unspecified atom stereocenters. The van der Waals surface area contributed by atoms with Crippen LogP contribution in [-0.4, -0.2) is 30.2 Å². The van der Waals surface area contributed by atoms with Crippen LogP contribution in [0.25, 0.3) is 0 Å². The van der Waals surface area contributed by atoms with Gasteiger partial charge < -0.3 is 20.3 Å². The lowest BCUT2D eigenvalue weighted by Crippen LogP contribution is -2.30. The average Bonchev–Trinajstić information content (AvgIpc) is 2.28. The van der Waals surface area contributed by atoms with Crippen molar-refractivity contribution in [3.63, 3.8) is 0 Å². The SMILES string of the molecule is COc1ccc(C(=O)O[C@H](C)C(N)=O)c(O)c1. The van der Waals surface area contributed by atoms with Crippen LogP contribution in [0.1, 0.15) is 17.3 Å². The first-order valence-electron chi connectivity index (χ1n) is 4.83. The average molecular weight is 239 g/mol. The number of rotatable bonds is 4. The van der Waals surface area contributed by atoms with Gasteiger partial charge in [-0.15, -0.1) is 0 Å². The lowest BCUT2D eigenvalue weighted by Gasteiger charge is -2.10. The van der Waals surface area contributed by atoms with Crippen molar-refractivity contribution >= 4 is 11.9 Å². The first kappa shape index (κ1) is 12.8. The Morgan fingerprint density at radius 1 is 1.41 bits per heavy atom. The number of methoxy groups -OCH3 is 1. The quantitative estimate of drug-likeness (QED) is 0.742. The molecule has 0 radical (unpaired) electrons. The molecule has 0 fully saturated rings. The number of phenolic OH excluding ortho intramolecular Hbond substituents is 1. The van der Waals surface area contributed by atoms with Crippen molar-refractivity contribution in [2.75, 3.05) is 7.11 Å². The monoisotopic (exact) mass is 239 g/mol. The molecule has 0 aromatic heterocycles. The van der Waals surface area contributed by atoms with E-state index in [-0.39, 0.29) is 11.3 Å². The van der Waals surface area contributed by atoms with Gasteiger partial charge in [-0.1, -0.05) is 0 Å². The summed E-state index contributed by atoms with van der Waals surface area (Å²) in [7, 11) is 1.43. The van der Waals surface area contributed by atoms with Crippen LogP contribution < -0.4 is 10.5 Å². The zero-order valence-electron chi connectivity index (χ0n) is 9.47. The van der Waals surface area contributed by atoms with Gasteiger partial charge in [0.25, 0.3) is 5.91 Å². The summed E-state index contributed by atoms with van der Waals surface area (Å²) in [6, 6.07) is 4.10. The summed E-state index contributed by atoms with van der Waals surface area (Å²) in [6.45, 7) is 1.35. The first-order chi connectivity index (χ1) is 7.95. The summed E-state index contributed by atoms with van der Waals surface area (Å²) in [5, 5.41) is 9.55. The van der Waals surface area contributed by atoms with Crippen molar-refractivity contribution in [2.24, 2.45) is 5.73 Å². The van der Waals surface area contributed by atoms with E-state index in [0.717, 1.165) is 0 Å². The third-order valence-electron chi connectivity index (χ3n) is 2.11. The van der Waals surface area contributed by atoms with Crippen LogP contribution >= 0.6 is 0 Å². The summed E-state index contributed by atoms with van der Waals surface area (Å²) in [5.74, 6) is -1.46. The summed E-state index contributed by atoms with van der Waals surface area (Å²) in [6.07, 6.45) is -1.05. The number of hydrogen-bond donors (Lipinski definition) is 2. The zero-order chi connectivity index (χ0) is 13.0. The zero-order valence-corrected chi connectivity index (χ0v) is 9.47. The van der Waals surface area contributed by atoms with E-state index in [4.69, 9.17) is 15.2 Å². The smallest absolute Gasteiger partial charge is 0.342 e. The highest BCUT2D eigenvalue weighted by Crippen LogP contribution is 2.24. The van der Waals surface area contributed by atoms with Gasteiger partial charge in [-0.05, 0) is 19.1 Å². The molecule has 6 nitrogen and oxygen atoms in total. The van der Waals surface area contributed by atoms with Crippen molar-refractivity contribution in [2.45, 2.75) is 13.0 Å². The minimum absolute atomic E-state index is 0.0566. The second-order valence-electron chi connectivity index (χ2n) is 3.33. The topological polar surface area (TPSA) is 98.9 Å². The fraction of sp³-hybridized carbons (Fsp3) is 0.273. The Morgan fingerprint density at radius 2 is 2.06 bits per heavy atom. The molecular formula is C11H13NO5. The minimum atomic E-state index is -1.05. The molecule has 0 saturated carbocycles. The summed E-state index contributed by atoms with van der Waals surface area (Å²) in [5.41, 5.74) is 4.89. The molecule has 1 aromatic rings. The number of esters is 1. The molecule has 1 atom stereocenters. The molecule has 0 spiro atoms. The number of ether oxygens (including phenoxy) is 2. The van der Waals surface area contributed by atoms with Gasteiger partial charge in [-0.3, -0.25) is 4.79 Å². The number of aromatic hydroxyl groups is 1. The highest BCUT2D eigenvalue weighted by molar-refractivity contribution is 5.94. The number of amides is 1. The van der Waals surface area contributed by atoms with Crippen molar-refractivity contribution in [1.82, 2.24) is 0 Å². The molecule has 6 heteroatoms. The predicted octanol–water partition coefficient (Wildman–Crippen LogP) is 0.431. The third-order valence-corrected chi connectivity index (χ3v) is 2.11. The normalized spacial score (nSPS) is 11.6. The Labute approximate surface area is 97.9 Å². The van der Waals surface area contributed by atoms with Crippen LogP contribution in [0.5, 0.6) is 11.5 Å². The number of hydrogen-bond acceptors (Lipinski definition) is 5. The molecule has 92 valence electrons. The van der Waals surface area contributed by atoms with Gasteiger partial charge in [0, 0.05) is 6.07 Å². The van der Waals surface area contributed by atoms with E-state index in [1.165, 1.54) is 32.2 Å². The van der Waals surface area contributed by atoms with Crippen molar-refractivity contribution in [3.05, 3.63) is 23.8 Å². The Hall–Kier alpha value is -2.24. The molecule has 1 amide bonds. The fourth-order valence-electron chi connectivity index (χ4n) is 1.09. The van der Waals surface area contributed by atoms with Crippen LogP contribution in [0.3, 0.4) is 0 Å². The van der Waals surface area contributed by atoms with Crippen molar-refractivity contribution in [3.8, 4) is 11.5 Å². The number of nitrogens with two attached hydrogens (primary N) is 1. The second-order valence-corrected chi connectivity index (χ2v) is 3.33. The van der Waals surface area contributed by atoms with Crippen molar-refractivity contribution < 1.29 is 24.2 Å². The second kappa shape index (κ2) is 5.20. The molecular weight excluding hydrogens is 226 g/mol. The van der Waals surface area contributed by atoms with E-state index in [9.17, 15) is 14.7 Å². The lowest BCUT2D eigenvalue weighted by molar-refractivity contribution is -0.125. The van der Waals surface area contributed by atoms with E-state index < -0.39 is 18.0 Å². The standard InChI is InChI=1S/C11H13NO5/c1-6(10(12)14)17-11(15)8-4-3-7(16-2)5-9(8)13/h3-6,13H,1-2H3,(H2,12,14)/t6-/m1/s1. The Morgan fingerprint density at radius 3 is 2.53 bits per heavy atom. The first-order valence-corrected chi connectivity index (χ1v) is 4.83. The number of primary amides is 1. The number of carbonyl (C=O) groups excluding carboxylic acids is 2.